The van der Waals surface area contributed by atoms with Gasteiger partial charge in [0.1, 0.15) is 11.6 Å². The lowest BCUT2D eigenvalue weighted by atomic mass is 10.2. The van der Waals surface area contributed by atoms with Crippen LogP contribution in [0.5, 0.6) is 0 Å². The summed E-state index contributed by atoms with van der Waals surface area (Å²) in [4.78, 5) is 31.6. The fourth-order valence-corrected chi connectivity index (χ4v) is 5.47. The molecule has 1 aliphatic rings. The number of benzene rings is 2. The average molecular weight is 473 g/mol. The summed E-state index contributed by atoms with van der Waals surface area (Å²) >= 11 is 0. The molecule has 1 amide bonds. The molecule has 33 heavy (non-hydrogen) atoms. The Balaban J connectivity index is 1.41. The maximum absolute atomic E-state index is 13.2. The zero-order valence-corrected chi connectivity index (χ0v) is 19.1. The lowest BCUT2D eigenvalue weighted by Gasteiger charge is -2.22. The molecular weight excluding hydrogens is 447 g/mol. The maximum atomic E-state index is 13.2. The van der Waals surface area contributed by atoms with Gasteiger partial charge >= 0.3 is 0 Å². The number of nitrogens with zero attached hydrogens (tertiary/aromatic N) is 4. The van der Waals surface area contributed by atoms with Gasteiger partial charge in [0.2, 0.25) is 15.9 Å². The first-order chi connectivity index (χ1) is 15.8. The summed E-state index contributed by atoms with van der Waals surface area (Å²) < 4.78 is 41.7. The largest absolute Gasteiger partial charge is 0.341 e. The molecule has 0 spiro atoms. The van der Waals surface area contributed by atoms with Crippen molar-refractivity contribution in [1.29, 1.82) is 0 Å². The molecule has 1 saturated heterocycles. The molecule has 2 heterocycles. The van der Waals surface area contributed by atoms with Gasteiger partial charge in [-0.3, -0.25) is 14.2 Å². The fourth-order valence-electron chi connectivity index (χ4n) is 4.00. The van der Waals surface area contributed by atoms with E-state index in [1.54, 1.807) is 30.1 Å². The van der Waals surface area contributed by atoms with Gasteiger partial charge in [0, 0.05) is 46.1 Å². The Bertz CT molecular complexity index is 1340. The molecule has 4 rings (SSSR count). The Morgan fingerprint density at radius 2 is 1.76 bits per heavy atom. The minimum atomic E-state index is -3.76. The van der Waals surface area contributed by atoms with Gasteiger partial charge in [-0.1, -0.05) is 12.1 Å². The van der Waals surface area contributed by atoms with Gasteiger partial charge in [0.05, 0.1) is 15.8 Å². The van der Waals surface area contributed by atoms with Crippen LogP contribution in [0.4, 0.5) is 4.39 Å². The number of para-hydroxylation sites is 1. The van der Waals surface area contributed by atoms with Crippen LogP contribution in [0.2, 0.25) is 0 Å². The number of hydrogen-bond donors (Lipinski definition) is 0. The molecule has 3 aromatic rings. The van der Waals surface area contributed by atoms with Crippen LogP contribution in [0, 0.1) is 5.82 Å². The molecule has 2 aromatic carbocycles. The third-order valence-electron chi connectivity index (χ3n) is 5.90. The Kier molecular flexibility index (Phi) is 6.57. The number of fused-ring (bicyclic) bond motifs is 1. The highest BCUT2D eigenvalue weighted by atomic mass is 32.2. The van der Waals surface area contributed by atoms with Crippen molar-refractivity contribution in [3.63, 3.8) is 0 Å². The van der Waals surface area contributed by atoms with E-state index in [2.05, 4.69) is 4.98 Å². The van der Waals surface area contributed by atoms with Crippen LogP contribution in [0.15, 0.2) is 58.2 Å². The quantitative estimate of drug-likeness (QED) is 0.566. The van der Waals surface area contributed by atoms with E-state index in [0.29, 0.717) is 36.1 Å². The van der Waals surface area contributed by atoms with Crippen molar-refractivity contribution in [3.05, 3.63) is 70.5 Å². The van der Waals surface area contributed by atoms with Crippen molar-refractivity contribution in [2.24, 2.45) is 7.05 Å². The highest BCUT2D eigenvalue weighted by Gasteiger charge is 2.28. The standard InChI is InChI=1S/C23H25FN4O4S/c1-26-21(25-20-6-3-2-5-19(20)23(26)30)11-12-22(29)27-13-4-14-28(16-15-27)33(31,32)18-9-7-17(24)8-10-18/h2-3,5-10H,4,11-16H2,1H3. The van der Waals surface area contributed by atoms with Gasteiger partial charge in [-0.15, -0.1) is 0 Å². The van der Waals surface area contributed by atoms with E-state index in [9.17, 15) is 22.4 Å². The van der Waals surface area contributed by atoms with Gasteiger partial charge in [0.15, 0.2) is 0 Å². The summed E-state index contributed by atoms with van der Waals surface area (Å²) in [6, 6.07) is 11.8. The first-order valence-corrected chi connectivity index (χ1v) is 12.2. The number of rotatable bonds is 5. The number of aromatic nitrogens is 2. The number of sulfonamides is 1. The zero-order chi connectivity index (χ0) is 23.6. The molecule has 8 nitrogen and oxygen atoms in total. The molecule has 1 fully saturated rings. The van der Waals surface area contributed by atoms with Crippen LogP contribution in [0.3, 0.4) is 0 Å². The monoisotopic (exact) mass is 472 g/mol. The van der Waals surface area contributed by atoms with Gasteiger partial charge in [-0.2, -0.15) is 4.31 Å². The molecule has 0 radical (unpaired) electrons. The van der Waals surface area contributed by atoms with Gasteiger partial charge < -0.3 is 4.90 Å². The second-order valence-electron chi connectivity index (χ2n) is 8.00. The van der Waals surface area contributed by atoms with Crippen molar-refractivity contribution in [2.75, 3.05) is 26.2 Å². The van der Waals surface area contributed by atoms with Crippen LogP contribution < -0.4 is 5.56 Å². The third-order valence-corrected chi connectivity index (χ3v) is 7.81. The second-order valence-corrected chi connectivity index (χ2v) is 9.94. The maximum Gasteiger partial charge on any atom is 0.261 e. The highest BCUT2D eigenvalue weighted by Crippen LogP contribution is 2.19. The van der Waals surface area contributed by atoms with Crippen molar-refractivity contribution in [2.45, 2.75) is 24.2 Å². The average Bonchev–Trinajstić information content (AvgIpc) is 3.08. The van der Waals surface area contributed by atoms with Crippen molar-refractivity contribution < 1.29 is 17.6 Å². The summed E-state index contributed by atoms with van der Waals surface area (Å²) in [5.74, 6) is -0.0826. The summed E-state index contributed by atoms with van der Waals surface area (Å²) in [6.07, 6.45) is 0.978. The summed E-state index contributed by atoms with van der Waals surface area (Å²) in [5.41, 5.74) is 0.443. The molecule has 174 valence electrons. The first kappa shape index (κ1) is 23.1. The Morgan fingerprint density at radius 3 is 2.52 bits per heavy atom. The van der Waals surface area contributed by atoms with Crippen LogP contribution in [0.25, 0.3) is 10.9 Å². The molecule has 0 aliphatic carbocycles. The van der Waals surface area contributed by atoms with Gasteiger partial charge in [-0.25, -0.2) is 17.8 Å². The van der Waals surface area contributed by atoms with E-state index < -0.39 is 15.8 Å². The Morgan fingerprint density at radius 1 is 1.03 bits per heavy atom. The third kappa shape index (κ3) is 4.81. The van der Waals surface area contributed by atoms with E-state index in [0.717, 1.165) is 12.1 Å². The predicted octanol–water partition coefficient (Wildman–Crippen LogP) is 1.93. The van der Waals surface area contributed by atoms with E-state index in [4.69, 9.17) is 0 Å². The number of carbonyl (C=O) groups is 1. The summed E-state index contributed by atoms with van der Waals surface area (Å²) in [5, 5.41) is 0.532. The Labute approximate surface area is 191 Å². The van der Waals surface area contributed by atoms with Crippen molar-refractivity contribution >= 4 is 26.8 Å². The zero-order valence-electron chi connectivity index (χ0n) is 18.3. The number of halogens is 1. The molecule has 1 aliphatic heterocycles. The second kappa shape index (κ2) is 9.40. The number of hydrogen-bond acceptors (Lipinski definition) is 5. The van der Waals surface area contributed by atoms with Crippen molar-refractivity contribution in [3.8, 4) is 0 Å². The minimum Gasteiger partial charge on any atom is -0.341 e. The van der Waals surface area contributed by atoms with Crippen LogP contribution in [-0.2, 0) is 28.3 Å². The minimum absolute atomic E-state index is 0.0342. The van der Waals surface area contributed by atoms with E-state index in [1.165, 1.54) is 21.0 Å². The molecule has 0 N–H and O–H groups in total. The summed E-state index contributed by atoms with van der Waals surface area (Å²) in [7, 11) is -2.11. The molecule has 0 saturated carbocycles. The fraction of sp³-hybridized carbons (Fsp3) is 0.348. The van der Waals surface area contributed by atoms with E-state index in [1.807, 2.05) is 6.07 Å². The first-order valence-electron chi connectivity index (χ1n) is 10.8. The topological polar surface area (TPSA) is 92.6 Å². The van der Waals surface area contributed by atoms with E-state index in [-0.39, 0.29) is 42.4 Å². The van der Waals surface area contributed by atoms with Crippen LogP contribution >= 0.6 is 0 Å². The molecule has 0 atom stereocenters. The molecular formula is C23H25FN4O4S. The van der Waals surface area contributed by atoms with Crippen LogP contribution in [0.1, 0.15) is 18.7 Å². The van der Waals surface area contributed by atoms with Crippen LogP contribution in [-0.4, -0.2) is 59.3 Å². The highest BCUT2D eigenvalue weighted by molar-refractivity contribution is 7.89. The molecule has 0 bridgehead atoms. The summed E-state index contributed by atoms with van der Waals surface area (Å²) in [6.45, 7) is 1.16. The Hall–Kier alpha value is -3.11. The normalized spacial score (nSPS) is 15.5. The van der Waals surface area contributed by atoms with Gasteiger partial charge in [0.25, 0.3) is 5.56 Å². The smallest absolute Gasteiger partial charge is 0.261 e. The SMILES string of the molecule is Cn1c(CCC(=O)N2CCCN(S(=O)(=O)c3ccc(F)cc3)CC2)nc2ccccc2c1=O. The predicted molar refractivity (Wildman–Crippen MR) is 122 cm³/mol. The molecule has 1 aromatic heterocycles. The molecule has 10 heteroatoms. The lowest BCUT2D eigenvalue weighted by Crippen LogP contribution is -2.37. The number of amides is 1. The number of carbonyl (C=O) groups excluding carboxylic acids is 1. The van der Waals surface area contributed by atoms with Gasteiger partial charge in [-0.05, 0) is 42.8 Å². The molecule has 0 unspecified atom stereocenters. The van der Waals surface area contributed by atoms with Crippen molar-refractivity contribution in [1.82, 2.24) is 18.8 Å². The number of aryl methyl sites for hydroxylation is 1. The lowest BCUT2D eigenvalue weighted by molar-refractivity contribution is -0.131. The van der Waals surface area contributed by atoms with E-state index >= 15 is 0 Å².